The molecule has 4 rings (SSSR count). The first-order chi connectivity index (χ1) is 12.0. The summed E-state index contributed by atoms with van der Waals surface area (Å²) in [6.45, 7) is 0.778. The molecule has 0 radical (unpaired) electrons. The van der Waals surface area contributed by atoms with Crippen LogP contribution in [0.3, 0.4) is 0 Å². The molecule has 2 amide bonds. The minimum Gasteiger partial charge on any atom is -0.369 e. The highest BCUT2D eigenvalue weighted by molar-refractivity contribution is 6.06. The Bertz CT molecular complexity index is 957. The lowest BCUT2D eigenvalue weighted by Gasteiger charge is -2.16. The normalized spacial score (nSPS) is 20.3. The molecule has 1 fully saturated rings. The number of hydrogen-bond acceptors (Lipinski definition) is 3. The summed E-state index contributed by atoms with van der Waals surface area (Å²) in [6, 6.07) is 7.56. The van der Waals surface area contributed by atoms with Gasteiger partial charge < -0.3 is 15.6 Å². The molecule has 1 aromatic carbocycles. The fourth-order valence-corrected chi connectivity index (χ4v) is 3.66. The van der Waals surface area contributed by atoms with Crippen molar-refractivity contribution in [2.24, 2.45) is 18.7 Å². The van der Waals surface area contributed by atoms with Crippen LogP contribution in [0.25, 0.3) is 10.9 Å². The summed E-state index contributed by atoms with van der Waals surface area (Å²) < 4.78 is 1.69. The molecule has 7 nitrogen and oxygen atoms in total. The molecular weight excluding hydrogens is 318 g/mol. The van der Waals surface area contributed by atoms with E-state index < -0.39 is 5.92 Å². The zero-order chi connectivity index (χ0) is 17.6. The molecule has 0 spiro atoms. The third kappa shape index (κ3) is 2.57. The minimum atomic E-state index is -0.406. The molecule has 2 atom stereocenters. The molecule has 1 saturated heterocycles. The first-order valence-corrected chi connectivity index (χ1v) is 8.18. The number of carbonyl (C=O) groups is 2. The summed E-state index contributed by atoms with van der Waals surface area (Å²) in [5, 5.41) is 5.16. The van der Waals surface area contributed by atoms with Gasteiger partial charge in [-0.3, -0.25) is 14.3 Å². The number of para-hydroxylation sites is 1. The number of nitrogens with two attached hydrogens (primary N) is 1. The molecule has 0 aliphatic carbocycles. The number of likely N-dealkylation sites (tertiary alicyclic amines) is 1. The Balaban J connectivity index is 1.66. The second-order valence-electron chi connectivity index (χ2n) is 6.52. The van der Waals surface area contributed by atoms with Gasteiger partial charge in [-0.2, -0.15) is 5.10 Å². The van der Waals surface area contributed by atoms with Gasteiger partial charge in [-0.05, 0) is 17.7 Å². The largest absolute Gasteiger partial charge is 0.369 e. The number of H-pyrrole nitrogens is 1. The molecule has 1 aliphatic rings. The van der Waals surface area contributed by atoms with Gasteiger partial charge in [0.1, 0.15) is 0 Å². The standard InChI is InChI=1S/C18H19N5O2/c1-22-8-12(7-21-22)14-9-23(10-15(14)17(19)24)18(25)13-4-2-3-11-5-6-20-16(11)13/h2-8,14-15,20H,9-10H2,1H3,(H2,19,24)/t14-,15+/m1/s1. The number of nitrogens with zero attached hydrogens (tertiary/aromatic N) is 3. The maximum Gasteiger partial charge on any atom is 0.256 e. The van der Waals surface area contributed by atoms with Crippen molar-refractivity contribution in [3.05, 3.63) is 54.0 Å². The smallest absolute Gasteiger partial charge is 0.256 e. The average Bonchev–Trinajstić information content (AvgIpc) is 3.31. The summed E-state index contributed by atoms with van der Waals surface area (Å²) >= 11 is 0. The average molecular weight is 337 g/mol. The Kier molecular flexibility index (Phi) is 3.56. The van der Waals surface area contributed by atoms with Gasteiger partial charge in [-0.1, -0.05) is 12.1 Å². The maximum atomic E-state index is 13.0. The Morgan fingerprint density at radius 3 is 2.84 bits per heavy atom. The van der Waals surface area contributed by atoms with Gasteiger partial charge in [0.05, 0.1) is 23.2 Å². The fraction of sp³-hybridized carbons (Fsp3) is 0.278. The van der Waals surface area contributed by atoms with E-state index in [1.165, 1.54) is 0 Å². The first kappa shape index (κ1) is 15.4. The maximum absolute atomic E-state index is 13.0. The zero-order valence-corrected chi connectivity index (χ0v) is 13.8. The lowest BCUT2D eigenvalue weighted by molar-refractivity contribution is -0.121. The van der Waals surface area contributed by atoms with Gasteiger partial charge >= 0.3 is 0 Å². The topological polar surface area (TPSA) is 97.0 Å². The van der Waals surface area contributed by atoms with E-state index >= 15 is 0 Å². The summed E-state index contributed by atoms with van der Waals surface area (Å²) in [4.78, 5) is 29.8. The Morgan fingerprint density at radius 2 is 2.12 bits per heavy atom. The minimum absolute atomic E-state index is 0.0920. The Morgan fingerprint density at radius 1 is 1.28 bits per heavy atom. The van der Waals surface area contributed by atoms with Crippen molar-refractivity contribution in [3.8, 4) is 0 Å². The van der Waals surface area contributed by atoms with E-state index in [9.17, 15) is 9.59 Å². The molecule has 128 valence electrons. The van der Waals surface area contributed by atoms with E-state index in [0.717, 1.165) is 16.5 Å². The third-order valence-corrected chi connectivity index (χ3v) is 4.94. The Labute approximate surface area is 144 Å². The molecule has 1 aliphatic heterocycles. The van der Waals surface area contributed by atoms with Crippen molar-refractivity contribution in [2.75, 3.05) is 13.1 Å². The second-order valence-corrected chi connectivity index (χ2v) is 6.52. The molecule has 2 aromatic heterocycles. The zero-order valence-electron chi connectivity index (χ0n) is 13.8. The quantitative estimate of drug-likeness (QED) is 0.752. The van der Waals surface area contributed by atoms with Crippen LogP contribution in [-0.2, 0) is 11.8 Å². The molecule has 0 unspecified atom stereocenters. The van der Waals surface area contributed by atoms with Crippen LogP contribution in [0, 0.1) is 5.92 Å². The van der Waals surface area contributed by atoms with Gasteiger partial charge in [-0.25, -0.2) is 0 Å². The van der Waals surface area contributed by atoms with E-state index in [0.29, 0.717) is 18.7 Å². The van der Waals surface area contributed by atoms with Gasteiger partial charge in [0.2, 0.25) is 5.91 Å². The predicted octanol–water partition coefficient (Wildman–Crippen LogP) is 1.24. The van der Waals surface area contributed by atoms with E-state index in [-0.39, 0.29) is 17.7 Å². The highest BCUT2D eigenvalue weighted by atomic mass is 16.2. The van der Waals surface area contributed by atoms with Crippen molar-refractivity contribution in [3.63, 3.8) is 0 Å². The molecule has 3 N–H and O–H groups in total. The highest BCUT2D eigenvalue weighted by Crippen LogP contribution is 2.33. The molecule has 3 aromatic rings. The summed E-state index contributed by atoms with van der Waals surface area (Å²) in [5.41, 5.74) is 7.95. The van der Waals surface area contributed by atoms with E-state index in [2.05, 4.69) is 10.1 Å². The number of carbonyl (C=O) groups excluding carboxylic acids is 2. The summed E-state index contributed by atoms with van der Waals surface area (Å²) in [7, 11) is 1.83. The number of fused-ring (bicyclic) bond motifs is 1. The van der Waals surface area contributed by atoms with E-state index in [4.69, 9.17) is 5.73 Å². The lowest BCUT2D eigenvalue weighted by atomic mass is 9.90. The number of amides is 2. The second kappa shape index (κ2) is 5.77. The first-order valence-electron chi connectivity index (χ1n) is 8.18. The van der Waals surface area contributed by atoms with Crippen LogP contribution in [0.5, 0.6) is 0 Å². The highest BCUT2D eigenvalue weighted by Gasteiger charge is 2.40. The van der Waals surface area contributed by atoms with E-state index in [1.807, 2.05) is 37.6 Å². The number of nitrogens with one attached hydrogen (secondary N) is 1. The molecular formula is C18H19N5O2. The van der Waals surface area contributed by atoms with Crippen molar-refractivity contribution in [1.29, 1.82) is 0 Å². The van der Waals surface area contributed by atoms with Crippen LogP contribution in [0.4, 0.5) is 0 Å². The van der Waals surface area contributed by atoms with Crippen LogP contribution in [0.2, 0.25) is 0 Å². The van der Waals surface area contributed by atoms with Crippen molar-refractivity contribution in [2.45, 2.75) is 5.92 Å². The molecule has 7 heteroatoms. The molecule has 0 bridgehead atoms. The number of aryl methyl sites for hydroxylation is 1. The number of rotatable bonds is 3. The van der Waals surface area contributed by atoms with Crippen molar-refractivity contribution < 1.29 is 9.59 Å². The number of aromatic nitrogens is 3. The number of benzene rings is 1. The van der Waals surface area contributed by atoms with Crippen molar-refractivity contribution >= 4 is 22.7 Å². The van der Waals surface area contributed by atoms with Crippen LogP contribution < -0.4 is 5.73 Å². The van der Waals surface area contributed by atoms with Gasteiger partial charge in [-0.15, -0.1) is 0 Å². The van der Waals surface area contributed by atoms with Gasteiger partial charge in [0.25, 0.3) is 5.91 Å². The summed E-state index contributed by atoms with van der Waals surface area (Å²) in [5.74, 6) is -1.01. The lowest BCUT2D eigenvalue weighted by Crippen LogP contribution is -2.32. The van der Waals surface area contributed by atoms with Crippen LogP contribution in [-0.4, -0.2) is 44.6 Å². The molecule has 3 heterocycles. The SMILES string of the molecule is Cn1cc([C@H]2CN(C(=O)c3cccc4cc[nH]c34)C[C@@H]2C(N)=O)cn1. The monoisotopic (exact) mass is 337 g/mol. The predicted molar refractivity (Wildman–Crippen MR) is 92.8 cm³/mol. The Hall–Kier alpha value is -3.09. The fourth-order valence-electron chi connectivity index (χ4n) is 3.66. The van der Waals surface area contributed by atoms with Crippen LogP contribution in [0.15, 0.2) is 42.9 Å². The molecule has 0 saturated carbocycles. The van der Waals surface area contributed by atoms with Gasteiger partial charge in [0, 0.05) is 43.8 Å². The number of hydrogen-bond donors (Lipinski definition) is 2. The van der Waals surface area contributed by atoms with E-state index in [1.54, 1.807) is 21.8 Å². The number of aromatic amines is 1. The summed E-state index contributed by atoms with van der Waals surface area (Å²) in [6.07, 6.45) is 5.43. The van der Waals surface area contributed by atoms with Crippen LogP contribution in [0.1, 0.15) is 21.8 Å². The third-order valence-electron chi connectivity index (χ3n) is 4.94. The molecule has 25 heavy (non-hydrogen) atoms. The van der Waals surface area contributed by atoms with Crippen molar-refractivity contribution in [1.82, 2.24) is 19.7 Å². The number of primary amides is 1. The van der Waals surface area contributed by atoms with Gasteiger partial charge in [0.15, 0.2) is 0 Å². The van der Waals surface area contributed by atoms with Crippen LogP contribution >= 0.6 is 0 Å².